The van der Waals surface area contributed by atoms with Gasteiger partial charge in [-0.05, 0) is 211 Å². The van der Waals surface area contributed by atoms with E-state index < -0.39 is 32.3 Å². The number of halogens is 1. The van der Waals surface area contributed by atoms with Gasteiger partial charge in [-0.15, -0.1) is 0 Å². The van der Waals surface area contributed by atoms with E-state index in [0.29, 0.717) is 0 Å². The van der Waals surface area contributed by atoms with Crippen molar-refractivity contribution in [3.63, 3.8) is 0 Å². The van der Waals surface area contributed by atoms with Crippen LogP contribution in [0.4, 0.5) is 0 Å². The Morgan fingerprint density at radius 1 is 0.426 bits per heavy atom. The maximum Gasteiger partial charge on any atom is 0.498 e. The van der Waals surface area contributed by atoms with Crippen molar-refractivity contribution in [2.75, 3.05) is 14.2 Å². The van der Waals surface area contributed by atoms with Gasteiger partial charge in [-0.3, -0.25) is 0 Å². The zero-order valence-corrected chi connectivity index (χ0v) is 47.7. The Bertz CT molecular complexity index is 2330. The topological polar surface area (TPSA) is 73.8 Å². The van der Waals surface area contributed by atoms with Crippen LogP contribution >= 0.6 is 15.9 Å². The molecule has 8 nitrogen and oxygen atoms in total. The highest BCUT2D eigenvalue weighted by Crippen LogP contribution is 2.44. The molecule has 68 heavy (non-hydrogen) atoms. The van der Waals surface area contributed by atoms with Crippen LogP contribution in [0.25, 0.3) is 22.3 Å². The van der Waals surface area contributed by atoms with Crippen LogP contribution in [0.1, 0.15) is 158 Å². The van der Waals surface area contributed by atoms with E-state index in [9.17, 15) is 0 Å². The average Bonchev–Trinajstić information content (AvgIpc) is 3.66. The number of methoxy groups -OCH3 is 2. The van der Waals surface area contributed by atoms with Gasteiger partial charge in [0.25, 0.3) is 0 Å². The van der Waals surface area contributed by atoms with Gasteiger partial charge in [-0.1, -0.05) is 84.0 Å². The third-order valence-electron chi connectivity index (χ3n) is 15.0. The lowest BCUT2D eigenvalue weighted by atomic mass is 9.49. The van der Waals surface area contributed by atoms with Gasteiger partial charge in [-0.25, -0.2) is 0 Å². The lowest BCUT2D eigenvalue weighted by Crippen LogP contribution is -2.41. The third-order valence-corrected chi connectivity index (χ3v) is 15.6. The molecule has 0 atom stereocenters. The lowest BCUT2D eigenvalue weighted by Gasteiger charge is -2.32. The van der Waals surface area contributed by atoms with Gasteiger partial charge in [0.2, 0.25) is 0 Å². The Balaban J connectivity index is 0.000000197. The predicted molar refractivity (Wildman–Crippen MR) is 289 cm³/mol. The molecule has 0 N–H and O–H groups in total. The van der Waals surface area contributed by atoms with E-state index in [4.69, 9.17) is 37.4 Å². The fourth-order valence-electron chi connectivity index (χ4n) is 8.57. The molecule has 0 bridgehead atoms. The highest BCUT2D eigenvalue weighted by Gasteiger charge is 2.63. The van der Waals surface area contributed by atoms with Gasteiger partial charge in [0.05, 0.1) is 52.3 Å². The summed E-state index contributed by atoms with van der Waals surface area (Å²) in [6.45, 7) is 46.8. The molecular formula is C56H82B3BrO8. The van der Waals surface area contributed by atoms with E-state index in [2.05, 4.69) is 161 Å². The van der Waals surface area contributed by atoms with Crippen LogP contribution in [0.5, 0.6) is 11.5 Å². The Hall–Kier alpha value is -3.09. The van der Waals surface area contributed by atoms with Gasteiger partial charge in [0.15, 0.2) is 0 Å². The number of hydrogen-bond acceptors (Lipinski definition) is 8. The minimum absolute atomic E-state index is 0.127. The van der Waals surface area contributed by atoms with Crippen LogP contribution in [0.2, 0.25) is 0 Å². The number of rotatable bonds is 6. The quantitative estimate of drug-likeness (QED) is 0.177. The minimum Gasteiger partial charge on any atom is -0.497 e. The van der Waals surface area contributed by atoms with Crippen LogP contribution in [0, 0.1) is 27.7 Å². The summed E-state index contributed by atoms with van der Waals surface area (Å²) in [4.78, 5) is 0. The molecule has 12 heteroatoms. The maximum atomic E-state index is 6.31. The van der Waals surface area contributed by atoms with Gasteiger partial charge < -0.3 is 37.4 Å². The molecular weight excluding hydrogens is 913 g/mol. The van der Waals surface area contributed by atoms with E-state index >= 15 is 0 Å². The van der Waals surface area contributed by atoms with Crippen LogP contribution in [0.15, 0.2) is 65.1 Å². The third kappa shape index (κ3) is 11.6. The number of aryl methyl sites for hydroxylation is 4. The van der Waals surface area contributed by atoms with Crippen molar-refractivity contribution in [1.29, 1.82) is 0 Å². The molecule has 3 fully saturated rings. The number of hydrogen-bond donors (Lipinski definition) is 0. The molecule has 4 aromatic carbocycles. The molecule has 3 aliphatic heterocycles. The van der Waals surface area contributed by atoms with Crippen LogP contribution in [-0.4, -0.2) is 69.0 Å². The SMILES string of the molecule is CC1(C)OB(B2OC(C)(C)C(C)(C)O2)OC1(C)C.COc1ccc(-c2c(C)cc(C(C)(C)C)cc2C)cc1B1OC(C)(C)C(C)(C)O1.COc1ccc(-c2c(C)cc(C(C)(C)C)cc2C)cc1Br. The summed E-state index contributed by atoms with van der Waals surface area (Å²) < 4.78 is 48.4. The van der Waals surface area contributed by atoms with Gasteiger partial charge in [0, 0.05) is 5.46 Å². The first kappa shape index (κ1) is 55.8. The fourth-order valence-corrected chi connectivity index (χ4v) is 9.11. The molecule has 0 unspecified atom stereocenters. The molecule has 0 aliphatic carbocycles. The zero-order valence-electron chi connectivity index (χ0n) is 46.1. The van der Waals surface area contributed by atoms with E-state index in [1.165, 1.54) is 50.1 Å². The van der Waals surface area contributed by atoms with E-state index in [-0.39, 0.29) is 33.2 Å². The second kappa shape index (κ2) is 19.5. The standard InChI is InChI=1S/C25H35BO3.C19H23BrO.C12H24B2O4/c1-16-13-19(23(3,4)5)14-17(2)22(16)18-11-12-21(27-10)20(15-18)26-28-24(6,7)25(8,9)29-26;1-12-9-15(19(3,4)5)10-13(2)18(12)14-7-8-17(21-6)16(20)11-14;1-9(2)10(3,4)16-13(15-9)14-17-11(5,6)12(7,8)18-14/h11-15H,1-10H3;7-11H,1-6H3;1-8H3. The molecule has 0 aromatic heterocycles. The molecule has 3 saturated heterocycles. The minimum atomic E-state index is -0.476. The monoisotopic (exact) mass is 995 g/mol. The molecule has 4 aromatic rings. The van der Waals surface area contributed by atoms with Crippen LogP contribution < -0.4 is 14.9 Å². The van der Waals surface area contributed by atoms with Crippen molar-refractivity contribution in [2.24, 2.45) is 0 Å². The first-order valence-electron chi connectivity index (χ1n) is 24.2. The van der Waals surface area contributed by atoms with E-state index in [0.717, 1.165) is 27.0 Å². The van der Waals surface area contributed by atoms with Crippen molar-refractivity contribution in [3.8, 4) is 33.8 Å². The van der Waals surface area contributed by atoms with Crippen molar-refractivity contribution < 1.29 is 37.4 Å². The summed E-state index contributed by atoms with van der Waals surface area (Å²) in [5, 5.41) is 0. The molecule has 3 heterocycles. The Morgan fingerprint density at radius 2 is 0.721 bits per heavy atom. The molecule has 370 valence electrons. The number of ether oxygens (including phenoxy) is 2. The number of benzene rings is 4. The summed E-state index contributed by atoms with van der Waals surface area (Å²) in [5.74, 6) is 1.65. The summed E-state index contributed by atoms with van der Waals surface area (Å²) >= 11 is 3.57. The van der Waals surface area contributed by atoms with Crippen molar-refractivity contribution in [1.82, 2.24) is 0 Å². The van der Waals surface area contributed by atoms with Crippen molar-refractivity contribution in [3.05, 3.63) is 98.5 Å². The first-order chi connectivity index (χ1) is 30.9. The highest BCUT2D eigenvalue weighted by molar-refractivity contribution is 9.10. The molecule has 0 saturated carbocycles. The largest absolute Gasteiger partial charge is 0.498 e. The smallest absolute Gasteiger partial charge is 0.497 e. The van der Waals surface area contributed by atoms with Crippen LogP contribution in [0.3, 0.4) is 0 Å². The predicted octanol–water partition coefficient (Wildman–Crippen LogP) is 13.9. The molecule has 0 amide bonds. The molecule has 0 radical (unpaired) electrons. The summed E-state index contributed by atoms with van der Waals surface area (Å²) in [6, 6.07) is 21.8. The van der Waals surface area contributed by atoms with Gasteiger partial charge in [0.1, 0.15) is 11.5 Å². The van der Waals surface area contributed by atoms with Crippen LogP contribution in [-0.2, 0) is 38.8 Å². The van der Waals surface area contributed by atoms with E-state index in [1.54, 1.807) is 14.2 Å². The Morgan fingerprint density at radius 3 is 1.01 bits per heavy atom. The van der Waals surface area contributed by atoms with Crippen molar-refractivity contribution >= 4 is 42.5 Å². The molecule has 0 spiro atoms. The Kier molecular flexibility index (Phi) is 16.0. The highest BCUT2D eigenvalue weighted by atomic mass is 79.9. The fraction of sp³-hybridized carbons (Fsp3) is 0.571. The summed E-state index contributed by atoms with van der Waals surface area (Å²) in [6.07, 6.45) is 0. The Labute approximate surface area is 421 Å². The second-order valence-electron chi connectivity index (χ2n) is 24.1. The summed E-state index contributed by atoms with van der Waals surface area (Å²) in [5.41, 5.74) is 11.9. The summed E-state index contributed by atoms with van der Waals surface area (Å²) in [7, 11) is 1.98. The van der Waals surface area contributed by atoms with E-state index in [1.807, 2.05) is 67.5 Å². The molecule has 3 aliphatic rings. The van der Waals surface area contributed by atoms with Crippen molar-refractivity contribution in [2.45, 2.75) is 197 Å². The average molecular weight is 996 g/mol. The first-order valence-corrected chi connectivity index (χ1v) is 25.0. The molecule has 7 rings (SSSR count). The second-order valence-corrected chi connectivity index (χ2v) is 25.0. The van der Waals surface area contributed by atoms with Gasteiger partial charge >= 0.3 is 21.1 Å². The lowest BCUT2D eigenvalue weighted by molar-refractivity contribution is 0.00578. The maximum absolute atomic E-state index is 6.31. The zero-order chi connectivity index (χ0) is 51.5. The van der Waals surface area contributed by atoms with Gasteiger partial charge in [-0.2, -0.15) is 0 Å². The normalized spacial score (nSPS) is 19.8.